The summed E-state index contributed by atoms with van der Waals surface area (Å²) >= 11 is 4.85. The van der Waals surface area contributed by atoms with Gasteiger partial charge in [0, 0.05) is 25.4 Å². The van der Waals surface area contributed by atoms with Crippen molar-refractivity contribution in [2.75, 3.05) is 6.54 Å². The second-order valence-corrected chi connectivity index (χ2v) is 5.40. The van der Waals surface area contributed by atoms with E-state index >= 15 is 0 Å². The molecule has 0 bridgehead atoms. The number of nitrogens with zero attached hydrogens (tertiary/aromatic N) is 1. The SMILES string of the molecule is NC(=S)CCN(Cc1ccc(F)cc1)C(=O)C1CC1. The molecule has 3 nitrogen and oxygen atoms in total. The molecule has 2 N–H and O–H groups in total. The van der Waals surface area contributed by atoms with Crippen LogP contribution < -0.4 is 5.73 Å². The van der Waals surface area contributed by atoms with E-state index < -0.39 is 0 Å². The maximum Gasteiger partial charge on any atom is 0.225 e. The van der Waals surface area contributed by atoms with Gasteiger partial charge in [-0.25, -0.2) is 4.39 Å². The van der Waals surface area contributed by atoms with E-state index in [-0.39, 0.29) is 17.6 Å². The third-order valence-electron chi connectivity index (χ3n) is 3.15. The van der Waals surface area contributed by atoms with Crippen molar-refractivity contribution in [3.63, 3.8) is 0 Å². The van der Waals surface area contributed by atoms with Crippen molar-refractivity contribution in [2.45, 2.75) is 25.8 Å². The molecule has 0 saturated heterocycles. The van der Waals surface area contributed by atoms with Crippen LogP contribution in [0.5, 0.6) is 0 Å². The Balaban J connectivity index is 2.01. The van der Waals surface area contributed by atoms with E-state index in [1.807, 2.05) is 0 Å². The van der Waals surface area contributed by atoms with Crippen molar-refractivity contribution >= 4 is 23.1 Å². The Morgan fingerprint density at radius 3 is 2.53 bits per heavy atom. The molecule has 1 aromatic rings. The summed E-state index contributed by atoms with van der Waals surface area (Å²) in [6.45, 7) is 1.01. The van der Waals surface area contributed by atoms with Gasteiger partial charge in [0.05, 0.1) is 4.99 Å². The van der Waals surface area contributed by atoms with Crippen LogP contribution in [-0.4, -0.2) is 22.3 Å². The average Bonchev–Trinajstić information content (AvgIpc) is 3.20. The molecule has 2 rings (SSSR count). The minimum atomic E-state index is -0.271. The number of hydrogen-bond donors (Lipinski definition) is 1. The first kappa shape index (κ1) is 13.9. The predicted molar refractivity (Wildman–Crippen MR) is 75.9 cm³/mol. The van der Waals surface area contributed by atoms with E-state index in [0.29, 0.717) is 24.5 Å². The minimum Gasteiger partial charge on any atom is -0.393 e. The van der Waals surface area contributed by atoms with Crippen LogP contribution in [0.15, 0.2) is 24.3 Å². The Morgan fingerprint density at radius 2 is 2.00 bits per heavy atom. The van der Waals surface area contributed by atoms with Gasteiger partial charge in [-0.2, -0.15) is 0 Å². The summed E-state index contributed by atoms with van der Waals surface area (Å²) in [4.78, 5) is 14.3. The lowest BCUT2D eigenvalue weighted by Gasteiger charge is -2.22. The highest BCUT2D eigenvalue weighted by Gasteiger charge is 2.33. The van der Waals surface area contributed by atoms with Gasteiger partial charge in [-0.15, -0.1) is 0 Å². The Morgan fingerprint density at radius 1 is 1.37 bits per heavy atom. The molecule has 0 aliphatic heterocycles. The molecule has 1 aliphatic carbocycles. The highest BCUT2D eigenvalue weighted by Crippen LogP contribution is 2.31. The smallest absolute Gasteiger partial charge is 0.225 e. The summed E-state index contributed by atoms with van der Waals surface area (Å²) in [5.41, 5.74) is 6.40. The number of carbonyl (C=O) groups excluding carboxylic acids is 1. The van der Waals surface area contributed by atoms with Crippen molar-refractivity contribution in [3.8, 4) is 0 Å². The summed E-state index contributed by atoms with van der Waals surface area (Å²) in [5.74, 6) is 0.0410. The van der Waals surface area contributed by atoms with E-state index in [0.717, 1.165) is 18.4 Å². The van der Waals surface area contributed by atoms with Crippen LogP contribution in [0.2, 0.25) is 0 Å². The molecule has 1 fully saturated rings. The second-order valence-electron chi connectivity index (χ2n) is 4.88. The topological polar surface area (TPSA) is 46.3 Å². The van der Waals surface area contributed by atoms with Crippen LogP contribution in [0.1, 0.15) is 24.8 Å². The Hall–Kier alpha value is -1.49. The average molecular weight is 280 g/mol. The molecule has 0 spiro atoms. The fourth-order valence-corrected chi connectivity index (χ4v) is 2.00. The minimum absolute atomic E-state index is 0.153. The van der Waals surface area contributed by atoms with Gasteiger partial charge in [0.15, 0.2) is 0 Å². The third-order valence-corrected chi connectivity index (χ3v) is 3.36. The maximum atomic E-state index is 12.9. The predicted octanol–water partition coefficient (Wildman–Crippen LogP) is 2.24. The largest absolute Gasteiger partial charge is 0.393 e. The van der Waals surface area contributed by atoms with Gasteiger partial charge in [0.1, 0.15) is 5.82 Å². The van der Waals surface area contributed by atoms with Gasteiger partial charge in [-0.05, 0) is 30.5 Å². The summed E-state index contributed by atoms with van der Waals surface area (Å²) in [6, 6.07) is 6.21. The number of nitrogens with two attached hydrogens (primary N) is 1. The van der Waals surface area contributed by atoms with E-state index in [2.05, 4.69) is 0 Å². The van der Waals surface area contributed by atoms with Crippen molar-refractivity contribution in [1.29, 1.82) is 0 Å². The van der Waals surface area contributed by atoms with Crippen molar-refractivity contribution in [3.05, 3.63) is 35.6 Å². The van der Waals surface area contributed by atoms with Gasteiger partial charge in [0.25, 0.3) is 0 Å². The van der Waals surface area contributed by atoms with Crippen LogP contribution in [0.3, 0.4) is 0 Å². The van der Waals surface area contributed by atoms with Gasteiger partial charge >= 0.3 is 0 Å². The third kappa shape index (κ3) is 4.28. The first-order valence-corrected chi connectivity index (χ1v) is 6.78. The molecule has 0 heterocycles. The molecule has 0 aromatic heterocycles. The quantitative estimate of drug-likeness (QED) is 0.813. The Bertz CT molecular complexity index is 471. The Kier molecular flexibility index (Phi) is 4.47. The fraction of sp³-hybridized carbons (Fsp3) is 0.429. The highest BCUT2D eigenvalue weighted by atomic mass is 32.1. The molecule has 1 aromatic carbocycles. The van der Waals surface area contributed by atoms with Gasteiger partial charge in [-0.3, -0.25) is 4.79 Å². The van der Waals surface area contributed by atoms with Crippen LogP contribution in [0.4, 0.5) is 4.39 Å². The molecule has 5 heteroatoms. The summed E-state index contributed by atoms with van der Waals surface area (Å²) in [5, 5.41) is 0. The highest BCUT2D eigenvalue weighted by molar-refractivity contribution is 7.80. The Labute approximate surface area is 117 Å². The summed E-state index contributed by atoms with van der Waals surface area (Å²) < 4.78 is 12.9. The molecular formula is C14H17FN2OS. The normalized spacial score (nSPS) is 14.2. The second kappa shape index (κ2) is 6.10. The number of benzene rings is 1. The fourth-order valence-electron chi connectivity index (χ4n) is 1.91. The van der Waals surface area contributed by atoms with Crippen molar-refractivity contribution in [2.24, 2.45) is 11.7 Å². The van der Waals surface area contributed by atoms with Crippen molar-refractivity contribution in [1.82, 2.24) is 4.90 Å². The number of rotatable bonds is 6. The van der Waals surface area contributed by atoms with Crippen molar-refractivity contribution < 1.29 is 9.18 Å². The first-order valence-electron chi connectivity index (χ1n) is 6.38. The molecule has 19 heavy (non-hydrogen) atoms. The number of amides is 1. The maximum absolute atomic E-state index is 12.9. The summed E-state index contributed by atoms with van der Waals surface area (Å²) in [6.07, 6.45) is 2.45. The molecule has 1 aliphatic rings. The lowest BCUT2D eigenvalue weighted by molar-refractivity contribution is -0.133. The molecular weight excluding hydrogens is 263 g/mol. The number of halogens is 1. The van der Waals surface area contributed by atoms with Gasteiger partial charge in [0.2, 0.25) is 5.91 Å². The van der Waals surface area contributed by atoms with Crippen LogP contribution in [-0.2, 0) is 11.3 Å². The zero-order chi connectivity index (χ0) is 13.8. The monoisotopic (exact) mass is 280 g/mol. The number of carbonyl (C=O) groups is 1. The molecule has 0 unspecified atom stereocenters. The number of thiocarbonyl (C=S) groups is 1. The van der Waals surface area contributed by atoms with E-state index in [4.69, 9.17) is 18.0 Å². The van der Waals surface area contributed by atoms with Crippen LogP contribution in [0, 0.1) is 11.7 Å². The van der Waals surface area contributed by atoms with E-state index in [1.54, 1.807) is 17.0 Å². The molecule has 1 saturated carbocycles. The van der Waals surface area contributed by atoms with Crippen LogP contribution >= 0.6 is 12.2 Å². The van der Waals surface area contributed by atoms with Gasteiger partial charge < -0.3 is 10.6 Å². The van der Waals surface area contributed by atoms with E-state index in [9.17, 15) is 9.18 Å². The zero-order valence-corrected chi connectivity index (χ0v) is 11.5. The molecule has 0 atom stereocenters. The standard InChI is InChI=1S/C14H17FN2OS/c15-12-5-1-10(2-6-12)9-17(8-7-13(16)19)14(18)11-3-4-11/h1-2,5-6,11H,3-4,7-9H2,(H2,16,19). The lowest BCUT2D eigenvalue weighted by Crippen LogP contribution is -2.34. The van der Waals surface area contributed by atoms with E-state index in [1.165, 1.54) is 12.1 Å². The molecule has 1 amide bonds. The first-order chi connectivity index (χ1) is 9.06. The number of hydrogen-bond acceptors (Lipinski definition) is 2. The lowest BCUT2D eigenvalue weighted by atomic mass is 10.2. The molecule has 0 radical (unpaired) electrons. The summed E-state index contributed by atoms with van der Waals surface area (Å²) in [7, 11) is 0. The molecule has 102 valence electrons. The zero-order valence-electron chi connectivity index (χ0n) is 10.6. The van der Waals surface area contributed by atoms with Crippen LogP contribution in [0.25, 0.3) is 0 Å². The van der Waals surface area contributed by atoms with Gasteiger partial charge in [-0.1, -0.05) is 24.4 Å².